The van der Waals surface area contributed by atoms with Crippen LogP contribution in [-0.2, 0) is 36.1 Å². The Balaban J connectivity index is 1.21. The number of halogens is 7. The van der Waals surface area contributed by atoms with Crippen molar-refractivity contribution in [2.24, 2.45) is 7.05 Å². The maximum absolute atomic E-state index is 15.5. The molecule has 6 aromatic rings. The molecule has 320 valence electrons. The second-order valence-corrected chi connectivity index (χ2v) is 16.2. The molecule has 2 amide bonds. The van der Waals surface area contributed by atoms with E-state index in [-0.39, 0.29) is 40.1 Å². The van der Waals surface area contributed by atoms with Gasteiger partial charge in [-0.25, -0.2) is 55.4 Å². The van der Waals surface area contributed by atoms with Crippen LogP contribution in [0.3, 0.4) is 0 Å². The Morgan fingerprint density at radius 1 is 0.855 bits per heavy atom. The number of fused-ring (bicyclic) bond motifs is 6. The van der Waals surface area contributed by atoms with E-state index in [0.717, 1.165) is 13.9 Å². The van der Waals surface area contributed by atoms with Gasteiger partial charge < -0.3 is 19.1 Å². The van der Waals surface area contributed by atoms with Crippen molar-refractivity contribution in [3.63, 3.8) is 0 Å². The SMILES string of the molecule is COc1cc2nc(CCn3c(=O)n4n(c3=O)[C@@H]3C[C@@]5(Cl)C(=O)N(c6c(F)c(F)c(F)c(F)c6F)C(=O)[C@@]5(Cl)[C@@H](c5c(O)ccc6ccccc56)C3=CC4)c(=O)n(C)c2cc1OC. The van der Waals surface area contributed by atoms with Crippen molar-refractivity contribution in [3.05, 3.63) is 132 Å². The van der Waals surface area contributed by atoms with Crippen molar-refractivity contribution in [2.45, 2.75) is 47.6 Å². The van der Waals surface area contributed by atoms with E-state index in [0.29, 0.717) is 27.9 Å². The summed E-state index contributed by atoms with van der Waals surface area (Å²) < 4.78 is 89.3. The number of allylic oxidation sites excluding steroid dienone is 2. The Labute approximate surface area is 354 Å². The van der Waals surface area contributed by atoms with Crippen molar-refractivity contribution < 1.29 is 46.1 Å². The molecular formula is C41H29Cl2F5N6O8. The number of hydrogen-bond donors (Lipinski definition) is 1. The lowest BCUT2D eigenvalue weighted by Crippen LogP contribution is -2.59. The fraction of sp³-hybridized carbons (Fsp3) is 0.268. The molecule has 4 heterocycles. The number of amides is 2. The number of anilines is 1. The van der Waals surface area contributed by atoms with Gasteiger partial charge in [-0.2, -0.15) is 0 Å². The lowest BCUT2D eigenvalue weighted by Gasteiger charge is -2.49. The number of ether oxygens (including phenoxy) is 2. The quantitative estimate of drug-likeness (QED) is 0.0577. The number of imide groups is 1. The number of hydrogen-bond acceptors (Lipinski definition) is 9. The topological polar surface area (TPSA) is 160 Å². The molecule has 2 aromatic heterocycles. The van der Waals surface area contributed by atoms with Crippen molar-refractivity contribution >= 4 is 62.5 Å². The molecule has 9 rings (SSSR count). The number of rotatable bonds is 7. The highest BCUT2D eigenvalue weighted by molar-refractivity contribution is 6.58. The number of aromatic nitrogens is 5. The van der Waals surface area contributed by atoms with E-state index < -0.39 is 104 Å². The molecule has 3 aliphatic rings. The molecule has 4 aromatic carbocycles. The molecule has 2 aliphatic heterocycles. The van der Waals surface area contributed by atoms with Gasteiger partial charge in [-0.3, -0.25) is 14.4 Å². The number of carbonyl (C=O) groups is 2. The highest BCUT2D eigenvalue weighted by atomic mass is 35.5. The van der Waals surface area contributed by atoms with Crippen molar-refractivity contribution in [2.75, 3.05) is 19.1 Å². The van der Waals surface area contributed by atoms with Crippen LogP contribution in [0.15, 0.2) is 74.6 Å². The minimum absolute atomic E-state index is 0.0226. The molecule has 1 N–H and O–H groups in total. The Bertz CT molecular complexity index is 3210. The number of aryl methyl sites for hydroxylation is 2. The van der Waals surface area contributed by atoms with Gasteiger partial charge in [-0.1, -0.05) is 36.4 Å². The minimum Gasteiger partial charge on any atom is -0.508 e. The highest BCUT2D eigenvalue weighted by Gasteiger charge is 2.76. The fourth-order valence-electron chi connectivity index (χ4n) is 9.06. The van der Waals surface area contributed by atoms with Crippen LogP contribution in [0, 0.1) is 29.1 Å². The summed E-state index contributed by atoms with van der Waals surface area (Å²) in [7, 11) is 4.35. The molecule has 0 spiro atoms. The molecule has 1 saturated heterocycles. The van der Waals surface area contributed by atoms with Gasteiger partial charge in [0.05, 0.1) is 37.8 Å². The number of alkyl halides is 2. The van der Waals surface area contributed by atoms with E-state index in [9.17, 15) is 42.3 Å². The first-order valence-electron chi connectivity index (χ1n) is 18.6. The highest BCUT2D eigenvalue weighted by Crippen LogP contribution is 2.65. The lowest BCUT2D eigenvalue weighted by atomic mass is 9.63. The van der Waals surface area contributed by atoms with Gasteiger partial charge >= 0.3 is 11.4 Å². The van der Waals surface area contributed by atoms with Crippen LogP contribution in [0.25, 0.3) is 21.8 Å². The Morgan fingerprint density at radius 3 is 2.18 bits per heavy atom. The van der Waals surface area contributed by atoms with E-state index in [1.807, 2.05) is 0 Å². The normalized spacial score (nSPS) is 21.9. The summed E-state index contributed by atoms with van der Waals surface area (Å²) in [6.45, 7) is -0.753. The first-order valence-corrected chi connectivity index (χ1v) is 19.4. The summed E-state index contributed by atoms with van der Waals surface area (Å²) in [5.74, 6) is -17.5. The summed E-state index contributed by atoms with van der Waals surface area (Å²) in [6.07, 6.45) is 0.342. The van der Waals surface area contributed by atoms with E-state index in [1.54, 1.807) is 30.3 Å². The third-order valence-electron chi connectivity index (χ3n) is 12.0. The lowest BCUT2D eigenvalue weighted by molar-refractivity contribution is -0.122. The predicted molar refractivity (Wildman–Crippen MR) is 213 cm³/mol. The largest absolute Gasteiger partial charge is 0.508 e. The van der Waals surface area contributed by atoms with Crippen LogP contribution in [0.5, 0.6) is 17.2 Å². The number of methoxy groups -OCH3 is 2. The maximum atomic E-state index is 15.5. The summed E-state index contributed by atoms with van der Waals surface area (Å²) in [6, 6.07) is 10.8. The van der Waals surface area contributed by atoms with Crippen molar-refractivity contribution in [1.82, 2.24) is 23.5 Å². The van der Waals surface area contributed by atoms with Crippen LogP contribution >= 0.6 is 23.2 Å². The number of carbonyl (C=O) groups excluding carboxylic acids is 2. The van der Waals surface area contributed by atoms with Gasteiger partial charge in [0, 0.05) is 50.0 Å². The Kier molecular flexibility index (Phi) is 9.26. The van der Waals surface area contributed by atoms with E-state index in [4.69, 9.17) is 32.7 Å². The standard InChI is InChI=1S/C41H29Cl2F5N6O8/c1-50-22-15-26(62-3)25(61-2)14-21(22)49-20(35(50)56)11-12-51-38(59)52-13-10-19-23(54(52)39(51)60)16-40(42)36(57)53(34-32(47)30(45)29(44)31(46)33(34)48)37(58)41(40,43)28(19)27-18-7-5-4-6-17(18)8-9-24(27)55/h4-10,14-15,23,28,55H,11-13,16H2,1-3H3/t23-,28-,40-,41+/m1/s1. The summed E-state index contributed by atoms with van der Waals surface area (Å²) in [5.41, 5.74) is -3.69. The van der Waals surface area contributed by atoms with Gasteiger partial charge in [0.1, 0.15) is 17.1 Å². The Morgan fingerprint density at radius 2 is 1.50 bits per heavy atom. The molecule has 0 unspecified atom stereocenters. The number of phenolic OH excluding ortho intramolecular Hbond substituents is 1. The zero-order valence-corrected chi connectivity index (χ0v) is 33.8. The zero-order chi connectivity index (χ0) is 44.5. The summed E-state index contributed by atoms with van der Waals surface area (Å²) >= 11 is 14.5. The molecule has 62 heavy (non-hydrogen) atoms. The van der Waals surface area contributed by atoms with Crippen molar-refractivity contribution in [3.8, 4) is 17.2 Å². The first-order chi connectivity index (χ1) is 29.4. The average molecular weight is 900 g/mol. The van der Waals surface area contributed by atoms with E-state index in [1.165, 1.54) is 50.1 Å². The molecule has 0 radical (unpaired) electrons. The molecule has 0 bridgehead atoms. The van der Waals surface area contributed by atoms with Crippen LogP contribution in [0.1, 0.15) is 29.6 Å². The summed E-state index contributed by atoms with van der Waals surface area (Å²) in [4.78, 5) is 69.8. The third-order valence-corrected chi connectivity index (χ3v) is 13.4. The second-order valence-electron chi connectivity index (χ2n) is 15.0. The van der Waals surface area contributed by atoms with Crippen LogP contribution < -0.4 is 31.3 Å². The average Bonchev–Trinajstić information content (AvgIpc) is 3.59. The van der Waals surface area contributed by atoms with Gasteiger partial charge in [0.25, 0.3) is 17.4 Å². The smallest absolute Gasteiger partial charge is 0.347 e. The van der Waals surface area contributed by atoms with E-state index >= 15 is 8.78 Å². The molecule has 1 aliphatic carbocycles. The monoisotopic (exact) mass is 898 g/mol. The van der Waals surface area contributed by atoms with Gasteiger partial charge in [0.15, 0.2) is 44.5 Å². The molecular weight excluding hydrogens is 870 g/mol. The van der Waals surface area contributed by atoms with Crippen LogP contribution in [0.4, 0.5) is 27.6 Å². The molecule has 4 atom stereocenters. The third kappa shape index (κ3) is 5.26. The fourth-order valence-corrected chi connectivity index (χ4v) is 9.96. The molecule has 2 fully saturated rings. The number of phenols is 1. The van der Waals surface area contributed by atoms with Crippen LogP contribution in [-0.4, -0.2) is 64.4 Å². The molecule has 21 heteroatoms. The Hall–Kier alpha value is -6.47. The minimum atomic E-state index is -2.88. The number of nitrogens with zero attached hydrogens (tertiary/aromatic N) is 6. The molecule has 1 saturated carbocycles. The molecule has 14 nitrogen and oxygen atoms in total. The number of benzene rings is 4. The van der Waals surface area contributed by atoms with Crippen LogP contribution in [0.2, 0.25) is 0 Å². The van der Waals surface area contributed by atoms with Gasteiger partial charge in [-0.05, 0) is 22.4 Å². The predicted octanol–water partition coefficient (Wildman–Crippen LogP) is 5.07. The zero-order valence-electron chi connectivity index (χ0n) is 32.3. The summed E-state index contributed by atoms with van der Waals surface area (Å²) in [5, 5.41) is 12.3. The van der Waals surface area contributed by atoms with E-state index in [2.05, 4.69) is 4.98 Å². The van der Waals surface area contributed by atoms with Gasteiger partial charge in [-0.15, -0.1) is 23.2 Å². The number of aromatic hydroxyl groups is 1. The maximum Gasteiger partial charge on any atom is 0.347 e. The van der Waals surface area contributed by atoms with Gasteiger partial charge in [0.2, 0.25) is 5.82 Å². The second kappa shape index (κ2) is 14.0. The van der Waals surface area contributed by atoms with Crippen molar-refractivity contribution in [1.29, 1.82) is 0 Å². The first kappa shape index (κ1) is 40.9.